The second kappa shape index (κ2) is 5.06. The summed E-state index contributed by atoms with van der Waals surface area (Å²) in [4.78, 5) is 4.40. The Kier molecular flexibility index (Phi) is 3.10. The summed E-state index contributed by atoms with van der Waals surface area (Å²) in [6, 6.07) is 11.7. The van der Waals surface area contributed by atoms with Crippen LogP contribution in [0.25, 0.3) is 0 Å². The van der Waals surface area contributed by atoms with E-state index >= 15 is 0 Å². The standard InChI is InChI=1S/C14H15N3O2/c1-15-13-3-2-4-14(17-13)16-8-10-5-6-11-12(7-10)19-9-18-11/h2-7H,8-9H2,1H3,(H2,15,16,17). The molecule has 2 N–H and O–H groups in total. The largest absolute Gasteiger partial charge is 0.454 e. The number of ether oxygens (including phenoxy) is 2. The molecule has 19 heavy (non-hydrogen) atoms. The van der Waals surface area contributed by atoms with Crippen molar-refractivity contribution in [3.63, 3.8) is 0 Å². The Morgan fingerprint density at radius 1 is 1.11 bits per heavy atom. The molecule has 3 rings (SSSR count). The molecule has 0 saturated carbocycles. The first-order chi connectivity index (χ1) is 9.35. The molecule has 1 aromatic carbocycles. The summed E-state index contributed by atoms with van der Waals surface area (Å²) in [6.07, 6.45) is 0. The number of nitrogens with zero attached hydrogens (tertiary/aromatic N) is 1. The molecule has 0 aliphatic carbocycles. The van der Waals surface area contributed by atoms with Crippen LogP contribution in [0.4, 0.5) is 11.6 Å². The highest BCUT2D eigenvalue weighted by molar-refractivity contribution is 5.47. The minimum absolute atomic E-state index is 0.304. The number of nitrogens with one attached hydrogen (secondary N) is 2. The SMILES string of the molecule is CNc1cccc(NCc2ccc3c(c2)OCO3)n1. The summed E-state index contributed by atoms with van der Waals surface area (Å²) in [5.41, 5.74) is 1.13. The summed E-state index contributed by atoms with van der Waals surface area (Å²) < 4.78 is 10.6. The maximum Gasteiger partial charge on any atom is 0.231 e. The van der Waals surface area contributed by atoms with E-state index < -0.39 is 0 Å². The molecule has 98 valence electrons. The van der Waals surface area contributed by atoms with E-state index in [0.29, 0.717) is 13.3 Å². The fourth-order valence-electron chi connectivity index (χ4n) is 1.92. The molecule has 0 bridgehead atoms. The van der Waals surface area contributed by atoms with Crippen molar-refractivity contribution < 1.29 is 9.47 Å². The average Bonchev–Trinajstić information content (AvgIpc) is 2.93. The van der Waals surface area contributed by atoms with E-state index in [1.807, 2.05) is 43.4 Å². The summed E-state index contributed by atoms with van der Waals surface area (Å²) >= 11 is 0. The van der Waals surface area contributed by atoms with Crippen molar-refractivity contribution >= 4 is 11.6 Å². The molecule has 5 heteroatoms. The maximum atomic E-state index is 5.35. The van der Waals surface area contributed by atoms with Crippen molar-refractivity contribution in [1.82, 2.24) is 4.98 Å². The second-order valence-corrected chi connectivity index (χ2v) is 4.20. The molecule has 2 aromatic rings. The Balaban J connectivity index is 1.68. The van der Waals surface area contributed by atoms with Crippen LogP contribution in [0, 0.1) is 0 Å². The predicted octanol–water partition coefficient (Wildman–Crippen LogP) is 2.46. The molecule has 0 amide bonds. The molecular formula is C14H15N3O2. The van der Waals surface area contributed by atoms with E-state index in [2.05, 4.69) is 15.6 Å². The van der Waals surface area contributed by atoms with Crippen LogP contribution in [-0.2, 0) is 6.54 Å². The third kappa shape index (κ3) is 2.54. The van der Waals surface area contributed by atoms with Gasteiger partial charge in [-0.15, -0.1) is 0 Å². The van der Waals surface area contributed by atoms with Crippen LogP contribution in [0.3, 0.4) is 0 Å². The maximum absolute atomic E-state index is 5.35. The van der Waals surface area contributed by atoms with Gasteiger partial charge in [-0.1, -0.05) is 12.1 Å². The number of hydrogen-bond donors (Lipinski definition) is 2. The molecule has 1 aliphatic rings. The van der Waals surface area contributed by atoms with Gasteiger partial charge in [0.1, 0.15) is 11.6 Å². The molecule has 1 aromatic heterocycles. The molecule has 0 spiro atoms. The third-order valence-corrected chi connectivity index (χ3v) is 2.92. The lowest BCUT2D eigenvalue weighted by Crippen LogP contribution is -2.02. The van der Waals surface area contributed by atoms with E-state index in [-0.39, 0.29) is 0 Å². The van der Waals surface area contributed by atoms with Gasteiger partial charge in [0.15, 0.2) is 11.5 Å². The van der Waals surface area contributed by atoms with Gasteiger partial charge in [-0.3, -0.25) is 0 Å². The van der Waals surface area contributed by atoms with Crippen molar-refractivity contribution in [1.29, 1.82) is 0 Å². The van der Waals surface area contributed by atoms with Gasteiger partial charge >= 0.3 is 0 Å². The lowest BCUT2D eigenvalue weighted by atomic mass is 10.2. The molecule has 0 atom stereocenters. The van der Waals surface area contributed by atoms with Gasteiger partial charge in [0.05, 0.1) is 0 Å². The Bertz CT molecular complexity index is 587. The van der Waals surface area contributed by atoms with Crippen molar-refractivity contribution in [3.8, 4) is 11.5 Å². The summed E-state index contributed by atoms with van der Waals surface area (Å²) in [6.45, 7) is 0.995. The first-order valence-electron chi connectivity index (χ1n) is 6.12. The summed E-state index contributed by atoms with van der Waals surface area (Å²) in [5.74, 6) is 3.29. The fourth-order valence-corrected chi connectivity index (χ4v) is 1.92. The van der Waals surface area contributed by atoms with Gasteiger partial charge in [-0.05, 0) is 29.8 Å². The smallest absolute Gasteiger partial charge is 0.231 e. The number of rotatable bonds is 4. The Hall–Kier alpha value is -2.43. The first kappa shape index (κ1) is 11.6. The summed E-state index contributed by atoms with van der Waals surface area (Å²) in [5, 5.41) is 6.29. The van der Waals surface area contributed by atoms with Gasteiger partial charge in [0.25, 0.3) is 0 Å². The van der Waals surface area contributed by atoms with E-state index in [0.717, 1.165) is 28.7 Å². The summed E-state index contributed by atoms with van der Waals surface area (Å²) in [7, 11) is 1.85. The van der Waals surface area contributed by atoms with E-state index in [1.54, 1.807) is 0 Å². The quantitative estimate of drug-likeness (QED) is 0.881. The van der Waals surface area contributed by atoms with Crippen LogP contribution in [0.5, 0.6) is 11.5 Å². The lowest BCUT2D eigenvalue weighted by Gasteiger charge is -2.08. The van der Waals surface area contributed by atoms with Crippen LogP contribution >= 0.6 is 0 Å². The second-order valence-electron chi connectivity index (χ2n) is 4.20. The predicted molar refractivity (Wildman–Crippen MR) is 73.7 cm³/mol. The highest BCUT2D eigenvalue weighted by Crippen LogP contribution is 2.32. The Labute approximate surface area is 111 Å². The number of pyridine rings is 1. The number of anilines is 2. The van der Waals surface area contributed by atoms with Crippen LogP contribution in [0.1, 0.15) is 5.56 Å². The zero-order chi connectivity index (χ0) is 13.1. The van der Waals surface area contributed by atoms with Crippen LogP contribution in [0.2, 0.25) is 0 Å². The van der Waals surface area contributed by atoms with Gasteiger partial charge in [0, 0.05) is 13.6 Å². The zero-order valence-corrected chi connectivity index (χ0v) is 10.6. The molecule has 0 radical (unpaired) electrons. The molecule has 0 unspecified atom stereocenters. The molecular weight excluding hydrogens is 242 g/mol. The normalized spacial score (nSPS) is 12.3. The van der Waals surface area contributed by atoms with Crippen LogP contribution < -0.4 is 20.1 Å². The number of fused-ring (bicyclic) bond motifs is 1. The highest BCUT2D eigenvalue weighted by Gasteiger charge is 2.12. The van der Waals surface area contributed by atoms with Crippen molar-refractivity contribution in [3.05, 3.63) is 42.0 Å². The average molecular weight is 257 g/mol. The lowest BCUT2D eigenvalue weighted by molar-refractivity contribution is 0.174. The van der Waals surface area contributed by atoms with Gasteiger partial charge in [-0.25, -0.2) is 4.98 Å². The molecule has 2 heterocycles. The van der Waals surface area contributed by atoms with E-state index in [9.17, 15) is 0 Å². The fraction of sp³-hybridized carbons (Fsp3) is 0.214. The van der Waals surface area contributed by atoms with E-state index in [1.165, 1.54) is 0 Å². The highest BCUT2D eigenvalue weighted by atomic mass is 16.7. The van der Waals surface area contributed by atoms with Gasteiger partial charge < -0.3 is 20.1 Å². The number of aromatic nitrogens is 1. The van der Waals surface area contributed by atoms with Crippen LogP contribution in [-0.4, -0.2) is 18.8 Å². The molecule has 1 aliphatic heterocycles. The molecule has 0 saturated heterocycles. The molecule has 0 fully saturated rings. The first-order valence-corrected chi connectivity index (χ1v) is 6.12. The minimum Gasteiger partial charge on any atom is -0.454 e. The Morgan fingerprint density at radius 2 is 1.95 bits per heavy atom. The van der Waals surface area contributed by atoms with Crippen LogP contribution in [0.15, 0.2) is 36.4 Å². The van der Waals surface area contributed by atoms with E-state index in [4.69, 9.17) is 9.47 Å². The third-order valence-electron chi connectivity index (χ3n) is 2.92. The van der Waals surface area contributed by atoms with Crippen molar-refractivity contribution in [2.45, 2.75) is 6.54 Å². The van der Waals surface area contributed by atoms with Crippen molar-refractivity contribution in [2.75, 3.05) is 24.5 Å². The topological polar surface area (TPSA) is 55.4 Å². The minimum atomic E-state index is 0.304. The van der Waals surface area contributed by atoms with Gasteiger partial charge in [0.2, 0.25) is 6.79 Å². The number of hydrogen-bond acceptors (Lipinski definition) is 5. The van der Waals surface area contributed by atoms with Crippen molar-refractivity contribution in [2.24, 2.45) is 0 Å². The Morgan fingerprint density at radius 3 is 2.84 bits per heavy atom. The zero-order valence-electron chi connectivity index (χ0n) is 10.6. The number of benzene rings is 1. The molecule has 5 nitrogen and oxygen atoms in total. The monoisotopic (exact) mass is 257 g/mol. The van der Waals surface area contributed by atoms with Gasteiger partial charge in [-0.2, -0.15) is 0 Å².